The van der Waals surface area contributed by atoms with Crippen LogP contribution in [-0.4, -0.2) is 33.3 Å². The summed E-state index contributed by atoms with van der Waals surface area (Å²) < 4.78 is 18.3. The van der Waals surface area contributed by atoms with Crippen LogP contribution in [0.15, 0.2) is 66.7 Å². The summed E-state index contributed by atoms with van der Waals surface area (Å²) in [5.74, 6) is 0.324. The maximum Gasteiger partial charge on any atom is 0.227 e. The number of halogens is 1. The molecular formula is C28H30FN5O. The van der Waals surface area contributed by atoms with Crippen molar-refractivity contribution in [2.75, 3.05) is 23.3 Å². The molecule has 6 nitrogen and oxygen atoms in total. The van der Waals surface area contributed by atoms with Crippen molar-refractivity contribution in [3.05, 3.63) is 89.6 Å². The fraction of sp³-hybridized carbons (Fsp3) is 0.286. The van der Waals surface area contributed by atoms with Crippen LogP contribution < -0.4 is 10.2 Å². The third-order valence-electron chi connectivity index (χ3n) is 6.80. The average molecular weight is 472 g/mol. The standard InChI is InChI=1S/C28H30FN5O/c1-19-13-14-20(2)33(19)26-21(3)31-34(23-9-5-4-6-10-23)28(26)32-17-15-22(16-18-32)27(35)30-25-12-8-7-11-24(25)29/h4-14,22H,15-18H2,1-3H3,(H,30,35). The lowest BCUT2D eigenvalue weighted by Gasteiger charge is -2.34. The molecule has 0 radical (unpaired) electrons. The van der Waals surface area contributed by atoms with E-state index >= 15 is 0 Å². The van der Waals surface area contributed by atoms with Crippen LogP contribution in [0, 0.1) is 32.5 Å². The van der Waals surface area contributed by atoms with Crippen molar-refractivity contribution in [1.29, 1.82) is 0 Å². The van der Waals surface area contributed by atoms with E-state index < -0.39 is 5.82 Å². The van der Waals surface area contributed by atoms with Crippen LogP contribution in [0.25, 0.3) is 11.4 Å². The number of amides is 1. The number of carbonyl (C=O) groups excluding carboxylic acids is 1. The van der Waals surface area contributed by atoms with Crippen LogP contribution >= 0.6 is 0 Å². The molecule has 1 aliphatic rings. The zero-order valence-corrected chi connectivity index (χ0v) is 20.3. The molecule has 0 bridgehead atoms. The molecule has 0 aliphatic carbocycles. The van der Waals surface area contributed by atoms with Crippen molar-refractivity contribution < 1.29 is 9.18 Å². The van der Waals surface area contributed by atoms with Gasteiger partial charge in [-0.3, -0.25) is 4.79 Å². The van der Waals surface area contributed by atoms with E-state index in [1.165, 1.54) is 6.07 Å². The van der Waals surface area contributed by atoms with Gasteiger partial charge in [0.15, 0.2) is 5.82 Å². The lowest BCUT2D eigenvalue weighted by Crippen LogP contribution is -2.39. The Morgan fingerprint density at radius 2 is 1.54 bits per heavy atom. The molecule has 2 aromatic carbocycles. The van der Waals surface area contributed by atoms with E-state index in [2.05, 4.69) is 52.9 Å². The average Bonchev–Trinajstić information content (AvgIpc) is 3.38. The predicted octanol–water partition coefficient (Wildman–Crippen LogP) is 5.58. The Balaban J connectivity index is 1.45. The molecule has 1 amide bonds. The molecule has 4 aromatic rings. The third kappa shape index (κ3) is 4.34. The van der Waals surface area contributed by atoms with Gasteiger partial charge in [0, 0.05) is 30.4 Å². The van der Waals surface area contributed by atoms with Gasteiger partial charge in [-0.1, -0.05) is 30.3 Å². The minimum atomic E-state index is -0.414. The first-order chi connectivity index (χ1) is 16.9. The second-order valence-corrected chi connectivity index (χ2v) is 9.19. The highest BCUT2D eigenvalue weighted by Crippen LogP contribution is 2.35. The Morgan fingerprint density at radius 1 is 0.914 bits per heavy atom. The Morgan fingerprint density at radius 3 is 2.20 bits per heavy atom. The molecule has 1 N–H and O–H groups in total. The third-order valence-corrected chi connectivity index (χ3v) is 6.80. The fourth-order valence-corrected chi connectivity index (χ4v) is 4.97. The summed E-state index contributed by atoms with van der Waals surface area (Å²) in [6.07, 6.45) is 1.37. The molecule has 1 saturated heterocycles. The Labute approximate surface area is 205 Å². The van der Waals surface area contributed by atoms with Gasteiger partial charge in [0.1, 0.15) is 11.5 Å². The smallest absolute Gasteiger partial charge is 0.227 e. The predicted molar refractivity (Wildman–Crippen MR) is 137 cm³/mol. The van der Waals surface area contributed by atoms with Gasteiger partial charge in [0.2, 0.25) is 5.91 Å². The number of nitrogens with zero attached hydrogens (tertiary/aromatic N) is 4. The fourth-order valence-electron chi connectivity index (χ4n) is 4.97. The van der Waals surface area contributed by atoms with Crippen molar-refractivity contribution in [2.45, 2.75) is 33.6 Å². The molecular weight excluding hydrogens is 441 g/mol. The molecule has 35 heavy (non-hydrogen) atoms. The topological polar surface area (TPSA) is 55.1 Å². The van der Waals surface area contributed by atoms with E-state index in [9.17, 15) is 9.18 Å². The summed E-state index contributed by atoms with van der Waals surface area (Å²) in [6, 6.07) is 20.7. The Bertz CT molecular complexity index is 1330. The van der Waals surface area contributed by atoms with Gasteiger partial charge >= 0.3 is 0 Å². The van der Waals surface area contributed by atoms with Gasteiger partial charge in [0.25, 0.3) is 0 Å². The van der Waals surface area contributed by atoms with Crippen LogP contribution in [-0.2, 0) is 4.79 Å². The Hall–Kier alpha value is -3.87. The van der Waals surface area contributed by atoms with E-state index in [1.54, 1.807) is 18.2 Å². The van der Waals surface area contributed by atoms with Crippen LogP contribution in [0.2, 0.25) is 0 Å². The molecule has 0 spiro atoms. The zero-order chi connectivity index (χ0) is 24.5. The summed E-state index contributed by atoms with van der Waals surface area (Å²) in [7, 11) is 0. The second-order valence-electron chi connectivity index (χ2n) is 9.19. The van der Waals surface area contributed by atoms with Gasteiger partial charge in [-0.2, -0.15) is 5.10 Å². The van der Waals surface area contributed by atoms with Crippen molar-refractivity contribution in [3.8, 4) is 11.4 Å². The molecule has 2 aromatic heterocycles. The van der Waals surface area contributed by atoms with E-state index in [1.807, 2.05) is 29.8 Å². The first-order valence-corrected chi connectivity index (χ1v) is 12.0. The largest absolute Gasteiger partial charge is 0.355 e. The molecule has 180 valence electrons. The minimum Gasteiger partial charge on any atom is -0.355 e. The highest BCUT2D eigenvalue weighted by atomic mass is 19.1. The number of carbonyl (C=O) groups is 1. The molecule has 7 heteroatoms. The number of rotatable bonds is 5. The van der Waals surface area contributed by atoms with Crippen molar-refractivity contribution in [2.24, 2.45) is 5.92 Å². The van der Waals surface area contributed by atoms with Crippen LogP contribution in [0.3, 0.4) is 0 Å². The normalized spacial score (nSPS) is 14.3. The number of anilines is 2. The summed E-state index contributed by atoms with van der Waals surface area (Å²) >= 11 is 0. The van der Waals surface area contributed by atoms with Crippen molar-refractivity contribution in [1.82, 2.24) is 14.3 Å². The van der Waals surface area contributed by atoms with Gasteiger partial charge in [-0.05, 0) is 70.0 Å². The van der Waals surface area contributed by atoms with E-state index in [4.69, 9.17) is 5.10 Å². The maximum absolute atomic E-state index is 14.0. The number of benzene rings is 2. The molecule has 1 fully saturated rings. The van der Waals surface area contributed by atoms with Crippen LogP contribution in [0.5, 0.6) is 0 Å². The summed E-state index contributed by atoms with van der Waals surface area (Å²) in [5, 5.41) is 7.72. The van der Waals surface area contributed by atoms with E-state index in [0.29, 0.717) is 25.9 Å². The number of para-hydroxylation sites is 2. The number of aromatic nitrogens is 3. The monoisotopic (exact) mass is 471 g/mol. The quantitative estimate of drug-likeness (QED) is 0.413. The van der Waals surface area contributed by atoms with Crippen LogP contribution in [0.4, 0.5) is 15.9 Å². The number of piperidine rings is 1. The molecule has 0 saturated carbocycles. The van der Waals surface area contributed by atoms with Crippen molar-refractivity contribution >= 4 is 17.4 Å². The molecule has 1 aliphatic heterocycles. The zero-order valence-electron chi connectivity index (χ0n) is 20.3. The van der Waals surface area contributed by atoms with E-state index in [0.717, 1.165) is 34.3 Å². The molecule has 0 unspecified atom stereocenters. The molecule has 0 atom stereocenters. The second kappa shape index (κ2) is 9.41. The number of aryl methyl sites for hydroxylation is 3. The van der Waals surface area contributed by atoms with Gasteiger partial charge in [-0.25, -0.2) is 9.07 Å². The first kappa shape index (κ1) is 22.9. The first-order valence-electron chi connectivity index (χ1n) is 12.0. The Kier molecular flexibility index (Phi) is 6.16. The number of hydrogen-bond donors (Lipinski definition) is 1. The highest BCUT2D eigenvalue weighted by Gasteiger charge is 2.31. The highest BCUT2D eigenvalue weighted by molar-refractivity contribution is 5.92. The lowest BCUT2D eigenvalue weighted by molar-refractivity contribution is -0.120. The number of nitrogens with one attached hydrogen (secondary N) is 1. The van der Waals surface area contributed by atoms with E-state index in [-0.39, 0.29) is 17.5 Å². The molecule has 5 rings (SSSR count). The number of hydrogen-bond acceptors (Lipinski definition) is 3. The van der Waals surface area contributed by atoms with Gasteiger partial charge in [-0.15, -0.1) is 0 Å². The van der Waals surface area contributed by atoms with Crippen LogP contribution in [0.1, 0.15) is 29.9 Å². The molecule has 3 heterocycles. The summed E-state index contributed by atoms with van der Waals surface area (Å²) in [5.41, 5.74) is 5.56. The summed E-state index contributed by atoms with van der Waals surface area (Å²) in [4.78, 5) is 15.2. The van der Waals surface area contributed by atoms with Crippen molar-refractivity contribution in [3.63, 3.8) is 0 Å². The lowest BCUT2D eigenvalue weighted by atomic mass is 9.95. The van der Waals surface area contributed by atoms with Gasteiger partial charge < -0.3 is 14.8 Å². The van der Waals surface area contributed by atoms with Gasteiger partial charge in [0.05, 0.1) is 17.1 Å². The maximum atomic E-state index is 14.0. The minimum absolute atomic E-state index is 0.125. The summed E-state index contributed by atoms with van der Waals surface area (Å²) in [6.45, 7) is 7.68. The SMILES string of the molecule is Cc1nn(-c2ccccc2)c(N2CCC(C(=O)Nc3ccccc3F)CC2)c1-n1c(C)ccc1C.